The van der Waals surface area contributed by atoms with Crippen molar-refractivity contribution in [3.63, 3.8) is 0 Å². The first-order valence-electron chi connectivity index (χ1n) is 11.0. The maximum absolute atomic E-state index is 10.5. The summed E-state index contributed by atoms with van der Waals surface area (Å²) in [5, 5.41) is 2.64. The molecule has 0 aliphatic carbocycles. The molecule has 2 heterocycles. The first-order chi connectivity index (χ1) is 16.3. The molecule has 34 heavy (non-hydrogen) atoms. The molecule has 0 saturated heterocycles. The van der Waals surface area contributed by atoms with E-state index >= 15 is 0 Å². The van der Waals surface area contributed by atoms with E-state index in [-0.39, 0.29) is 4.90 Å². The number of aromatic nitrogens is 1. The van der Waals surface area contributed by atoms with Crippen molar-refractivity contribution < 1.29 is 17.5 Å². The highest BCUT2D eigenvalue weighted by molar-refractivity contribution is 8.03. The maximum atomic E-state index is 10.5. The predicted molar refractivity (Wildman–Crippen MR) is 142 cm³/mol. The monoisotopic (exact) mass is 511 g/mol. The Labute approximate surface area is 209 Å². The average Bonchev–Trinajstić information content (AvgIpc) is 3.35. The topological polar surface area (TPSA) is 61.5 Å². The van der Waals surface area contributed by atoms with Gasteiger partial charge in [0.05, 0.1) is 21.7 Å². The lowest BCUT2D eigenvalue weighted by molar-refractivity contribution is -0.665. The lowest BCUT2D eigenvalue weighted by Gasteiger charge is -2.17. The molecule has 0 unspecified atom stereocenters. The van der Waals surface area contributed by atoms with Crippen LogP contribution >= 0.6 is 23.1 Å². The van der Waals surface area contributed by atoms with Crippen LogP contribution in [0, 0.1) is 6.92 Å². The molecule has 0 spiro atoms. The van der Waals surface area contributed by atoms with Crippen LogP contribution in [0.2, 0.25) is 0 Å². The number of benzene rings is 3. The standard InChI is InChI=1S/C19H19N2S2.C7H8O3S/c1-3-20-14-9-5-7-11-16(14)22-18(20)13-19-21(4-2)15-10-6-8-12-17(15)23-19;1-6-2-4-7(5-3-6)11(8,9)10/h5-13H,3-4H2,1-2H3;2-5H,1H3,(H,8,9,10)/q+1;. The third kappa shape index (κ3) is 5.20. The minimum atomic E-state index is -4.02. The number of para-hydroxylation sites is 2. The van der Waals surface area contributed by atoms with Crippen molar-refractivity contribution in [2.24, 2.45) is 0 Å². The normalized spacial score (nSPS) is 14.2. The summed E-state index contributed by atoms with van der Waals surface area (Å²) in [5.74, 6) is 0. The Bertz CT molecular complexity index is 1440. The number of thiazole rings is 1. The van der Waals surface area contributed by atoms with Crippen LogP contribution in [-0.4, -0.2) is 19.5 Å². The van der Waals surface area contributed by atoms with Gasteiger partial charge in [0, 0.05) is 17.5 Å². The molecule has 3 aromatic carbocycles. The van der Waals surface area contributed by atoms with Crippen LogP contribution in [0.15, 0.2) is 87.6 Å². The maximum Gasteiger partial charge on any atom is 0.294 e. The van der Waals surface area contributed by atoms with Crippen molar-refractivity contribution in [1.82, 2.24) is 0 Å². The average molecular weight is 512 g/mol. The SMILES string of the molecule is CCN1/C(=C/c2sc3ccccc3[n+]2CC)Sc2ccccc21.Cc1ccc(S(=O)(=O)O)cc1. The lowest BCUT2D eigenvalue weighted by Crippen LogP contribution is -2.33. The van der Waals surface area contributed by atoms with Gasteiger partial charge in [-0.15, -0.1) is 0 Å². The Morgan fingerprint density at radius 2 is 1.65 bits per heavy atom. The number of thioether (sulfide) groups is 1. The summed E-state index contributed by atoms with van der Waals surface area (Å²) >= 11 is 3.75. The second kappa shape index (κ2) is 10.3. The highest BCUT2D eigenvalue weighted by Gasteiger charge is 2.26. The van der Waals surface area contributed by atoms with Crippen LogP contribution in [0.25, 0.3) is 16.3 Å². The summed E-state index contributed by atoms with van der Waals surface area (Å²) in [7, 11) is -4.02. The molecule has 1 N–H and O–H groups in total. The molecule has 5 nitrogen and oxygen atoms in total. The van der Waals surface area contributed by atoms with E-state index < -0.39 is 10.1 Å². The number of aryl methyl sites for hydroxylation is 2. The molecule has 0 saturated carbocycles. The first kappa shape index (κ1) is 24.5. The Kier molecular flexibility index (Phi) is 7.42. The van der Waals surface area contributed by atoms with Gasteiger partial charge in [0.15, 0.2) is 0 Å². The fraction of sp³-hybridized carbons (Fsp3) is 0.192. The quantitative estimate of drug-likeness (QED) is 0.254. The number of hydrogen-bond acceptors (Lipinski definition) is 5. The largest absolute Gasteiger partial charge is 0.335 e. The minimum absolute atomic E-state index is 0.0666. The number of rotatable bonds is 4. The summed E-state index contributed by atoms with van der Waals surface area (Å²) in [6.45, 7) is 8.26. The van der Waals surface area contributed by atoms with E-state index in [0.29, 0.717) is 0 Å². The van der Waals surface area contributed by atoms with Crippen LogP contribution in [0.4, 0.5) is 5.69 Å². The molecule has 0 fully saturated rings. The van der Waals surface area contributed by atoms with E-state index in [4.69, 9.17) is 4.55 Å². The molecule has 4 aromatic rings. The van der Waals surface area contributed by atoms with E-state index in [1.54, 1.807) is 12.1 Å². The molecule has 1 aliphatic rings. The molecule has 1 aliphatic heterocycles. The van der Waals surface area contributed by atoms with Gasteiger partial charge >= 0.3 is 0 Å². The lowest BCUT2D eigenvalue weighted by atomic mass is 10.2. The Morgan fingerprint density at radius 1 is 0.971 bits per heavy atom. The van der Waals surface area contributed by atoms with Crippen molar-refractivity contribution in [1.29, 1.82) is 0 Å². The number of anilines is 1. The molecule has 176 valence electrons. The van der Waals surface area contributed by atoms with Gasteiger partial charge in [0.1, 0.15) is 11.2 Å². The zero-order valence-corrected chi connectivity index (χ0v) is 21.8. The third-order valence-corrected chi connectivity index (χ3v) is 8.56. The second-order valence-corrected chi connectivity index (χ2v) is 11.3. The summed E-state index contributed by atoms with van der Waals surface area (Å²) in [6, 6.07) is 23.3. The smallest absolute Gasteiger partial charge is 0.294 e. The molecular formula is C26H27N2O3S3+. The van der Waals surface area contributed by atoms with Crippen molar-refractivity contribution in [2.45, 2.75) is 37.1 Å². The van der Waals surface area contributed by atoms with Gasteiger partial charge in [0.25, 0.3) is 15.1 Å². The van der Waals surface area contributed by atoms with Gasteiger partial charge in [-0.1, -0.05) is 65.1 Å². The fourth-order valence-corrected chi connectivity index (χ4v) is 6.67. The van der Waals surface area contributed by atoms with Gasteiger partial charge in [0.2, 0.25) is 5.52 Å². The van der Waals surface area contributed by atoms with Crippen LogP contribution < -0.4 is 9.47 Å². The van der Waals surface area contributed by atoms with Crippen LogP contribution in [0.3, 0.4) is 0 Å². The Balaban J connectivity index is 0.000000210. The van der Waals surface area contributed by atoms with Crippen LogP contribution in [-0.2, 0) is 16.7 Å². The van der Waals surface area contributed by atoms with E-state index in [1.807, 2.05) is 30.0 Å². The van der Waals surface area contributed by atoms with Crippen molar-refractivity contribution in [3.05, 3.63) is 88.4 Å². The highest BCUT2D eigenvalue weighted by Crippen LogP contribution is 2.46. The Morgan fingerprint density at radius 3 is 2.32 bits per heavy atom. The number of nitrogens with zero attached hydrogens (tertiary/aromatic N) is 2. The van der Waals surface area contributed by atoms with Crippen LogP contribution in [0.1, 0.15) is 24.4 Å². The first-order valence-corrected chi connectivity index (χ1v) is 14.1. The number of hydrogen-bond donors (Lipinski definition) is 1. The van der Waals surface area contributed by atoms with Crippen LogP contribution in [0.5, 0.6) is 0 Å². The summed E-state index contributed by atoms with van der Waals surface area (Å²) in [5.41, 5.74) is 3.61. The van der Waals surface area contributed by atoms with Crippen molar-refractivity contribution >= 4 is 55.2 Å². The molecule has 8 heteroatoms. The Hall–Kier alpha value is -2.65. The molecule has 0 atom stereocenters. The van der Waals surface area contributed by atoms with Gasteiger partial charge < -0.3 is 4.90 Å². The molecule has 1 aromatic heterocycles. The predicted octanol–water partition coefficient (Wildman–Crippen LogP) is 6.38. The fourth-order valence-electron chi connectivity index (χ4n) is 3.79. The summed E-state index contributed by atoms with van der Waals surface area (Å²) < 4.78 is 33.3. The zero-order chi connectivity index (χ0) is 24.3. The van der Waals surface area contributed by atoms with E-state index in [9.17, 15) is 8.42 Å². The molecule has 5 rings (SSSR count). The van der Waals surface area contributed by atoms with E-state index in [2.05, 4.69) is 77.9 Å². The highest BCUT2D eigenvalue weighted by atomic mass is 32.2. The van der Waals surface area contributed by atoms with Gasteiger partial charge in [-0.3, -0.25) is 4.55 Å². The zero-order valence-electron chi connectivity index (χ0n) is 19.3. The minimum Gasteiger partial charge on any atom is -0.335 e. The summed E-state index contributed by atoms with van der Waals surface area (Å²) in [6.07, 6.45) is 2.35. The molecular weight excluding hydrogens is 484 g/mol. The number of fused-ring (bicyclic) bond motifs is 2. The van der Waals surface area contributed by atoms with Crippen molar-refractivity contribution in [2.75, 3.05) is 11.4 Å². The van der Waals surface area contributed by atoms with Gasteiger partial charge in [-0.25, -0.2) is 0 Å². The molecule has 0 amide bonds. The van der Waals surface area contributed by atoms with E-state index in [0.717, 1.165) is 18.7 Å². The molecule has 0 radical (unpaired) electrons. The second-order valence-electron chi connectivity index (χ2n) is 7.74. The summed E-state index contributed by atoms with van der Waals surface area (Å²) in [4.78, 5) is 3.69. The van der Waals surface area contributed by atoms with Crippen molar-refractivity contribution in [3.8, 4) is 0 Å². The third-order valence-electron chi connectivity index (χ3n) is 5.47. The van der Waals surface area contributed by atoms with E-state index in [1.165, 1.54) is 43.0 Å². The van der Waals surface area contributed by atoms with Gasteiger partial charge in [-0.2, -0.15) is 13.0 Å². The van der Waals surface area contributed by atoms with Gasteiger partial charge in [-0.05, 0) is 51.1 Å². The molecule has 0 bridgehead atoms.